The van der Waals surface area contributed by atoms with E-state index in [1.54, 1.807) is 0 Å². The lowest BCUT2D eigenvalue weighted by molar-refractivity contribution is 1.02. The summed E-state index contributed by atoms with van der Waals surface area (Å²) >= 11 is 0. The molecule has 0 aromatic carbocycles. The molecule has 1 aromatic rings. The molecular weight excluding hydrogens is 114 g/mol. The van der Waals surface area contributed by atoms with Crippen LogP contribution in [0.4, 0.5) is 5.82 Å². The molecule has 0 amide bonds. The van der Waals surface area contributed by atoms with E-state index < -0.39 is 37.1 Å². The Hall–Kier alpha value is -1.12. The van der Waals surface area contributed by atoms with Crippen LogP contribution in [0.15, 0.2) is 6.04 Å². The fraction of sp³-hybridized carbons (Fsp3) is 0.333. The highest BCUT2D eigenvalue weighted by Crippen LogP contribution is 1.99. The Morgan fingerprint density at radius 2 is 2.56 bits per heavy atom. The van der Waals surface area contributed by atoms with Crippen molar-refractivity contribution in [3.63, 3.8) is 0 Å². The zero-order chi connectivity index (χ0) is 12.7. The van der Waals surface area contributed by atoms with Crippen molar-refractivity contribution >= 4 is 5.82 Å². The van der Waals surface area contributed by atoms with E-state index in [2.05, 4.69) is 9.97 Å². The minimum Gasteiger partial charge on any atom is -0.384 e. The quantitative estimate of drug-likeness (QED) is 0.561. The third-order valence-corrected chi connectivity index (χ3v) is 0.691. The molecule has 1 heterocycles. The number of aryl methyl sites for hydroxylation is 2. The first-order chi connectivity index (χ1) is 7.03. The Morgan fingerprint density at radius 3 is 3.22 bits per heavy atom. The fourth-order valence-electron chi connectivity index (χ4n) is 0.422. The van der Waals surface area contributed by atoms with Crippen molar-refractivity contribution in [2.75, 3.05) is 5.73 Å². The van der Waals surface area contributed by atoms with Crippen molar-refractivity contribution in [2.45, 2.75) is 13.7 Å². The zero-order valence-corrected chi connectivity index (χ0v) is 4.47. The monoisotopic (exact) mass is 130 g/mol. The lowest BCUT2D eigenvalue weighted by Crippen LogP contribution is -1.96. The minimum absolute atomic E-state index is 0.452. The van der Waals surface area contributed by atoms with Gasteiger partial charge in [-0.25, -0.2) is 9.97 Å². The molecule has 0 saturated carbocycles. The molecule has 0 atom stereocenters. The molecule has 0 bridgehead atoms. The molecule has 0 aliphatic rings. The summed E-state index contributed by atoms with van der Waals surface area (Å²) in [5.74, 6) is -1.11. The van der Waals surface area contributed by atoms with Gasteiger partial charge in [-0.15, -0.1) is 0 Å². The van der Waals surface area contributed by atoms with Crippen molar-refractivity contribution in [2.24, 2.45) is 0 Å². The Bertz CT molecular complexity index is 408. The highest BCUT2D eigenvalue weighted by Gasteiger charge is 1.90. The Morgan fingerprint density at radius 1 is 1.67 bits per heavy atom. The van der Waals surface area contributed by atoms with E-state index in [1.807, 2.05) is 0 Å². The molecule has 0 saturated heterocycles. The lowest BCUT2D eigenvalue weighted by atomic mass is 10.4. The minimum atomic E-state index is -2.69. The van der Waals surface area contributed by atoms with E-state index in [-0.39, 0.29) is 0 Å². The van der Waals surface area contributed by atoms with Gasteiger partial charge in [0.15, 0.2) is 0 Å². The second-order valence-corrected chi connectivity index (χ2v) is 1.41. The number of nitrogens with zero attached hydrogens (tertiary/aromatic N) is 2. The van der Waals surface area contributed by atoms with Crippen LogP contribution < -0.4 is 5.73 Å². The summed E-state index contributed by atoms with van der Waals surface area (Å²) in [7, 11) is 0. The molecule has 48 valence electrons. The first-order valence-electron chi connectivity index (χ1n) is 5.68. The van der Waals surface area contributed by atoms with Crippen LogP contribution in [0.1, 0.15) is 21.1 Å². The number of aromatic nitrogens is 2. The average Bonchev–Trinajstić information content (AvgIpc) is 2.05. The van der Waals surface area contributed by atoms with Gasteiger partial charge in [-0.1, -0.05) is 0 Å². The van der Waals surface area contributed by atoms with Gasteiger partial charge in [0.25, 0.3) is 0 Å². The normalized spacial score (nSPS) is 23.8. The molecule has 0 radical (unpaired) electrons. The molecule has 9 heavy (non-hydrogen) atoms. The molecular formula is C6H9N3. The van der Waals surface area contributed by atoms with Gasteiger partial charge in [0.05, 0.1) is 1.37 Å². The molecule has 3 nitrogen and oxygen atoms in total. The van der Waals surface area contributed by atoms with E-state index in [9.17, 15) is 0 Å². The molecule has 3 heteroatoms. The van der Waals surface area contributed by atoms with Crippen LogP contribution in [0.25, 0.3) is 0 Å². The van der Waals surface area contributed by atoms with Crippen molar-refractivity contribution in [3.05, 3.63) is 17.6 Å². The van der Waals surface area contributed by atoms with Gasteiger partial charge in [-0.05, 0) is 13.7 Å². The summed E-state index contributed by atoms with van der Waals surface area (Å²) < 4.78 is 49.8. The number of hydrogen-bond donors (Lipinski definition) is 1. The van der Waals surface area contributed by atoms with E-state index in [0.29, 0.717) is 0 Å². The molecule has 1 rings (SSSR count). The summed E-state index contributed by atoms with van der Waals surface area (Å²) in [6.07, 6.45) is 0. The number of nitrogens with two attached hydrogens (primary N) is 1. The maximum atomic E-state index is 7.36. The van der Waals surface area contributed by atoms with Gasteiger partial charge in [0.1, 0.15) is 11.6 Å². The molecule has 0 spiro atoms. The van der Waals surface area contributed by atoms with E-state index in [4.69, 9.17) is 15.3 Å². The molecule has 2 N–H and O–H groups in total. The van der Waals surface area contributed by atoms with Crippen LogP contribution in [0, 0.1) is 13.7 Å². The van der Waals surface area contributed by atoms with Crippen LogP contribution in [-0.2, 0) is 0 Å². The number of hydrogen-bond acceptors (Lipinski definition) is 3. The van der Waals surface area contributed by atoms with Gasteiger partial charge in [0.2, 0.25) is 0 Å². The Kier molecular flexibility index (Phi) is 0.376. The van der Waals surface area contributed by atoms with Gasteiger partial charge >= 0.3 is 0 Å². The molecule has 0 unspecified atom stereocenters. The Balaban J connectivity index is 3.46. The molecule has 1 aromatic heterocycles. The molecule has 0 aliphatic heterocycles. The van der Waals surface area contributed by atoms with E-state index >= 15 is 0 Å². The highest BCUT2D eigenvalue weighted by atomic mass is 14.9. The van der Waals surface area contributed by atoms with E-state index in [1.165, 1.54) is 0 Å². The number of anilines is 1. The van der Waals surface area contributed by atoms with Crippen molar-refractivity contribution in [3.8, 4) is 0 Å². The van der Waals surface area contributed by atoms with Gasteiger partial charge in [-0.3, -0.25) is 0 Å². The van der Waals surface area contributed by atoms with Crippen LogP contribution in [-0.4, -0.2) is 9.97 Å². The highest BCUT2D eigenvalue weighted by molar-refractivity contribution is 5.28. The number of nitrogen functional groups attached to an aromatic ring is 1. The number of rotatable bonds is 0. The second kappa shape index (κ2) is 2.01. The summed E-state index contributed by atoms with van der Waals surface area (Å²) in [5, 5.41) is 0. The lowest BCUT2D eigenvalue weighted by Gasteiger charge is -1.95. The maximum absolute atomic E-state index is 7.36. The predicted molar refractivity (Wildman–Crippen MR) is 35.9 cm³/mol. The summed E-state index contributed by atoms with van der Waals surface area (Å²) in [5.41, 5.74) is 4.63. The first kappa shape index (κ1) is 1.68. The van der Waals surface area contributed by atoms with Crippen molar-refractivity contribution < 1.29 is 9.60 Å². The molecule has 0 aliphatic carbocycles. The topological polar surface area (TPSA) is 51.8 Å². The summed E-state index contributed by atoms with van der Waals surface area (Å²) in [6, 6.07) is -0.562. The smallest absolute Gasteiger partial charge is 0.127 e. The van der Waals surface area contributed by atoms with Gasteiger partial charge in [0, 0.05) is 20.0 Å². The molecule has 0 fully saturated rings. The largest absolute Gasteiger partial charge is 0.384 e. The van der Waals surface area contributed by atoms with Crippen molar-refractivity contribution in [1.29, 1.82) is 0 Å². The average molecular weight is 130 g/mol. The Labute approximate surface area is 63.8 Å². The zero-order valence-electron chi connectivity index (χ0n) is 11.5. The fourth-order valence-corrected chi connectivity index (χ4v) is 0.422. The summed E-state index contributed by atoms with van der Waals surface area (Å²) in [4.78, 5) is 6.76. The van der Waals surface area contributed by atoms with Gasteiger partial charge in [-0.2, -0.15) is 0 Å². The van der Waals surface area contributed by atoms with Crippen LogP contribution in [0.3, 0.4) is 0 Å². The van der Waals surface area contributed by atoms with Crippen molar-refractivity contribution in [1.82, 2.24) is 9.97 Å². The second-order valence-electron chi connectivity index (χ2n) is 1.41. The SMILES string of the molecule is [2H]c1c(N)nc(C([2H])([2H])[2H])nc1C([2H])([2H])[2H]. The third kappa shape index (κ3) is 1.38. The summed E-state index contributed by atoms with van der Waals surface area (Å²) in [6.45, 7) is -5.34. The standard InChI is InChI=1S/C6H9N3/c1-4-3-6(7)9-5(2)8-4/h3H,1-2H3,(H2,7,8,9)/i1D3,2D3,3D. The van der Waals surface area contributed by atoms with Gasteiger partial charge < -0.3 is 5.73 Å². The maximum Gasteiger partial charge on any atom is 0.127 e. The third-order valence-electron chi connectivity index (χ3n) is 0.691. The van der Waals surface area contributed by atoms with Crippen LogP contribution in [0.2, 0.25) is 0 Å². The van der Waals surface area contributed by atoms with Crippen LogP contribution >= 0.6 is 0 Å². The first-order valence-corrected chi connectivity index (χ1v) is 2.18. The predicted octanol–water partition coefficient (Wildman–Crippen LogP) is 0.676. The van der Waals surface area contributed by atoms with E-state index in [0.717, 1.165) is 0 Å². The van der Waals surface area contributed by atoms with Crippen LogP contribution in [0.5, 0.6) is 0 Å².